The van der Waals surface area contributed by atoms with Crippen LogP contribution in [0, 0.1) is 5.92 Å². The Morgan fingerprint density at radius 1 is 1.34 bits per heavy atom. The number of rotatable bonds is 7. The molecule has 1 atom stereocenters. The number of nitrogens with zero attached hydrogens (tertiary/aromatic N) is 3. The third-order valence-electron chi connectivity index (χ3n) is 5.28. The number of H-pyrrole nitrogens is 1. The van der Waals surface area contributed by atoms with E-state index in [1.54, 1.807) is 26.8 Å². The van der Waals surface area contributed by atoms with Crippen molar-refractivity contribution in [2.45, 2.75) is 46.1 Å². The number of amides is 1. The summed E-state index contributed by atoms with van der Waals surface area (Å²) in [5.41, 5.74) is -0.0315. The lowest BCUT2D eigenvalue weighted by atomic mass is 10.1. The summed E-state index contributed by atoms with van der Waals surface area (Å²) in [6, 6.07) is 1.66. The molecule has 0 spiro atoms. The van der Waals surface area contributed by atoms with Gasteiger partial charge in [-0.15, -0.1) is 0 Å². The maximum atomic E-state index is 13.4. The highest BCUT2D eigenvalue weighted by atomic mass is 16.5. The lowest BCUT2D eigenvalue weighted by molar-refractivity contribution is -0.145. The first-order valence-corrected chi connectivity index (χ1v) is 9.87. The van der Waals surface area contributed by atoms with E-state index in [2.05, 4.69) is 9.97 Å². The topological polar surface area (TPSA) is 114 Å². The van der Waals surface area contributed by atoms with Gasteiger partial charge in [0.25, 0.3) is 11.5 Å². The maximum Gasteiger partial charge on any atom is 0.329 e. The number of aromatic amines is 1. The van der Waals surface area contributed by atoms with Gasteiger partial charge in [-0.3, -0.25) is 23.9 Å². The third-order valence-corrected chi connectivity index (χ3v) is 5.28. The van der Waals surface area contributed by atoms with Crippen LogP contribution in [0.2, 0.25) is 0 Å². The van der Waals surface area contributed by atoms with Crippen LogP contribution in [0.3, 0.4) is 0 Å². The molecule has 9 heteroatoms. The summed E-state index contributed by atoms with van der Waals surface area (Å²) >= 11 is 0. The molecule has 0 saturated heterocycles. The lowest BCUT2D eigenvalue weighted by Crippen LogP contribution is -2.38. The van der Waals surface area contributed by atoms with Crippen LogP contribution in [-0.4, -0.2) is 51.5 Å². The Labute approximate surface area is 167 Å². The molecule has 2 heterocycles. The normalized spacial score (nSPS) is 14.6. The van der Waals surface area contributed by atoms with Crippen LogP contribution >= 0.6 is 0 Å². The van der Waals surface area contributed by atoms with Gasteiger partial charge in [-0.2, -0.15) is 0 Å². The molecule has 3 rings (SSSR count). The summed E-state index contributed by atoms with van der Waals surface area (Å²) < 4.78 is 6.12. The molecule has 1 amide bonds. The number of nitrogens with one attached hydrogen (secondary N) is 1. The van der Waals surface area contributed by atoms with Crippen LogP contribution in [0.4, 0.5) is 0 Å². The summed E-state index contributed by atoms with van der Waals surface area (Å²) in [5, 5.41) is 0.102. The van der Waals surface area contributed by atoms with Gasteiger partial charge < -0.3 is 9.64 Å². The van der Waals surface area contributed by atoms with Gasteiger partial charge in [-0.25, -0.2) is 9.78 Å². The highest BCUT2D eigenvalue weighted by molar-refractivity contribution is 6.05. The quantitative estimate of drug-likeness (QED) is 0.697. The number of hydrogen-bond acceptors (Lipinski definition) is 6. The van der Waals surface area contributed by atoms with Crippen molar-refractivity contribution in [3.05, 3.63) is 38.2 Å². The van der Waals surface area contributed by atoms with Gasteiger partial charge in [0.2, 0.25) is 0 Å². The number of methoxy groups -OCH3 is 1. The Bertz CT molecular complexity index is 1070. The first-order valence-electron chi connectivity index (χ1n) is 9.87. The minimum atomic E-state index is -0.634. The third kappa shape index (κ3) is 3.94. The average molecular weight is 402 g/mol. The molecule has 156 valence electrons. The van der Waals surface area contributed by atoms with E-state index in [1.165, 1.54) is 16.6 Å². The van der Waals surface area contributed by atoms with Crippen molar-refractivity contribution in [2.24, 2.45) is 5.92 Å². The Morgan fingerprint density at radius 2 is 2.03 bits per heavy atom. The Kier molecular flexibility index (Phi) is 5.86. The summed E-state index contributed by atoms with van der Waals surface area (Å²) in [7, 11) is 1.30. The zero-order chi connectivity index (χ0) is 21.3. The van der Waals surface area contributed by atoms with Crippen LogP contribution in [0.5, 0.6) is 0 Å². The molecule has 1 aliphatic rings. The van der Waals surface area contributed by atoms with E-state index in [-0.39, 0.29) is 35.0 Å². The van der Waals surface area contributed by atoms with E-state index in [0.29, 0.717) is 18.8 Å². The number of ether oxygens (including phenoxy) is 1. The van der Waals surface area contributed by atoms with Crippen LogP contribution in [0.15, 0.2) is 15.7 Å². The van der Waals surface area contributed by atoms with Crippen molar-refractivity contribution in [1.29, 1.82) is 0 Å². The van der Waals surface area contributed by atoms with E-state index in [4.69, 9.17) is 4.74 Å². The fraction of sp³-hybridized carbons (Fsp3) is 0.550. The van der Waals surface area contributed by atoms with E-state index < -0.39 is 23.1 Å². The van der Waals surface area contributed by atoms with Crippen molar-refractivity contribution in [1.82, 2.24) is 19.4 Å². The van der Waals surface area contributed by atoms with Gasteiger partial charge in [-0.1, -0.05) is 6.92 Å². The second-order valence-electron chi connectivity index (χ2n) is 7.34. The van der Waals surface area contributed by atoms with E-state index in [9.17, 15) is 19.2 Å². The summed E-state index contributed by atoms with van der Waals surface area (Å²) in [6.45, 7) is 6.10. The SMILES string of the molecule is CCN(CC(C)C(=O)OC)C(=O)c1cc(C2CC2)nc2c1c(=O)[nH]c(=O)n2CC. The fourth-order valence-electron chi connectivity index (χ4n) is 3.48. The summed E-state index contributed by atoms with van der Waals surface area (Å²) in [5.74, 6) is -1.06. The van der Waals surface area contributed by atoms with Gasteiger partial charge in [-0.05, 0) is 32.8 Å². The van der Waals surface area contributed by atoms with Crippen molar-refractivity contribution in [2.75, 3.05) is 20.2 Å². The smallest absolute Gasteiger partial charge is 0.329 e. The van der Waals surface area contributed by atoms with Crippen molar-refractivity contribution in [3.63, 3.8) is 0 Å². The monoisotopic (exact) mass is 402 g/mol. The lowest BCUT2D eigenvalue weighted by Gasteiger charge is -2.24. The van der Waals surface area contributed by atoms with Crippen LogP contribution in [0.1, 0.15) is 55.6 Å². The standard InChI is InChI=1S/C20H26N4O5/c1-5-23(10-11(3)19(27)29-4)18(26)13-9-14(12-7-8-12)21-16-15(13)17(25)22-20(28)24(16)6-2/h9,11-12H,5-8,10H2,1-4H3,(H,22,25,28). The number of aryl methyl sites for hydroxylation is 1. The molecule has 9 nitrogen and oxygen atoms in total. The molecule has 1 aliphatic carbocycles. The maximum absolute atomic E-state index is 13.4. The minimum Gasteiger partial charge on any atom is -0.469 e. The minimum absolute atomic E-state index is 0.102. The average Bonchev–Trinajstić information content (AvgIpc) is 3.55. The number of carbonyl (C=O) groups is 2. The number of hydrogen-bond donors (Lipinski definition) is 1. The molecule has 0 radical (unpaired) electrons. The highest BCUT2D eigenvalue weighted by Gasteiger charge is 2.30. The molecule has 1 fully saturated rings. The molecular weight excluding hydrogens is 376 g/mol. The number of fused-ring (bicyclic) bond motifs is 1. The van der Waals surface area contributed by atoms with Gasteiger partial charge in [0, 0.05) is 31.2 Å². The molecular formula is C20H26N4O5. The first kappa shape index (κ1) is 20.8. The Morgan fingerprint density at radius 3 is 2.59 bits per heavy atom. The van der Waals surface area contributed by atoms with Crippen LogP contribution < -0.4 is 11.2 Å². The predicted octanol–water partition coefficient (Wildman–Crippen LogP) is 1.25. The fourth-order valence-corrected chi connectivity index (χ4v) is 3.48. The molecule has 29 heavy (non-hydrogen) atoms. The largest absolute Gasteiger partial charge is 0.469 e. The molecule has 1 unspecified atom stereocenters. The Balaban J connectivity index is 2.16. The van der Waals surface area contributed by atoms with E-state index >= 15 is 0 Å². The molecule has 0 aliphatic heterocycles. The number of pyridine rings is 1. The van der Waals surface area contributed by atoms with Gasteiger partial charge in [0.05, 0.1) is 24.0 Å². The van der Waals surface area contributed by atoms with Crippen LogP contribution in [-0.2, 0) is 16.1 Å². The number of carbonyl (C=O) groups excluding carboxylic acids is 2. The summed E-state index contributed by atoms with van der Waals surface area (Å²) in [4.78, 5) is 58.4. The number of aromatic nitrogens is 3. The predicted molar refractivity (Wildman–Crippen MR) is 107 cm³/mol. The van der Waals surface area contributed by atoms with Crippen molar-refractivity contribution < 1.29 is 14.3 Å². The van der Waals surface area contributed by atoms with Crippen molar-refractivity contribution >= 4 is 22.9 Å². The first-order chi connectivity index (χ1) is 13.8. The number of esters is 1. The van der Waals surface area contributed by atoms with Crippen molar-refractivity contribution in [3.8, 4) is 0 Å². The van der Waals surface area contributed by atoms with E-state index in [1.807, 2.05) is 0 Å². The second-order valence-corrected chi connectivity index (χ2v) is 7.34. The van der Waals surface area contributed by atoms with Gasteiger partial charge in [0.1, 0.15) is 0 Å². The zero-order valence-electron chi connectivity index (χ0n) is 17.2. The second kappa shape index (κ2) is 8.18. The van der Waals surface area contributed by atoms with Gasteiger partial charge in [0.15, 0.2) is 5.65 Å². The van der Waals surface area contributed by atoms with Gasteiger partial charge >= 0.3 is 11.7 Å². The van der Waals surface area contributed by atoms with Crippen LogP contribution in [0.25, 0.3) is 11.0 Å². The zero-order valence-corrected chi connectivity index (χ0v) is 17.2. The highest BCUT2D eigenvalue weighted by Crippen LogP contribution is 2.40. The molecule has 0 bridgehead atoms. The summed E-state index contributed by atoms with van der Waals surface area (Å²) in [6.07, 6.45) is 1.92. The molecule has 0 aromatic carbocycles. The molecule has 2 aromatic heterocycles. The molecule has 1 N–H and O–H groups in total. The van der Waals surface area contributed by atoms with E-state index in [0.717, 1.165) is 12.8 Å². The molecule has 1 saturated carbocycles. The molecule has 2 aromatic rings. The Hall–Kier alpha value is -2.97.